The summed E-state index contributed by atoms with van der Waals surface area (Å²) < 4.78 is 13.1. The van der Waals surface area contributed by atoms with Gasteiger partial charge in [0, 0.05) is 12.5 Å². The molecule has 0 spiro atoms. The maximum atomic E-state index is 13.1. The fourth-order valence-corrected chi connectivity index (χ4v) is 3.31. The van der Waals surface area contributed by atoms with Gasteiger partial charge in [0.15, 0.2) is 0 Å². The molecule has 0 unspecified atom stereocenters. The van der Waals surface area contributed by atoms with Crippen molar-refractivity contribution in [1.29, 1.82) is 0 Å². The Labute approximate surface area is 143 Å². The minimum Gasteiger partial charge on any atom is -0.355 e. The first-order valence-corrected chi connectivity index (χ1v) is 8.48. The van der Waals surface area contributed by atoms with Gasteiger partial charge < -0.3 is 5.32 Å². The third-order valence-corrected chi connectivity index (χ3v) is 4.88. The number of amides is 1. The van der Waals surface area contributed by atoms with Crippen LogP contribution in [0.5, 0.6) is 0 Å². The highest BCUT2D eigenvalue weighted by atomic mass is 19.1. The Bertz CT molecular complexity index is 713. The van der Waals surface area contributed by atoms with E-state index >= 15 is 0 Å². The molecular weight excluding hydrogens is 301 g/mol. The van der Waals surface area contributed by atoms with Crippen molar-refractivity contribution in [2.24, 2.45) is 0 Å². The lowest BCUT2D eigenvalue weighted by Crippen LogP contribution is -2.39. The monoisotopic (exact) mass is 325 g/mol. The highest BCUT2D eigenvalue weighted by Crippen LogP contribution is 2.34. The number of piperidine rings is 1. The Balaban J connectivity index is 1.80. The molecule has 1 aliphatic heterocycles. The van der Waals surface area contributed by atoms with E-state index in [9.17, 15) is 9.18 Å². The summed E-state index contributed by atoms with van der Waals surface area (Å²) in [7, 11) is 0. The normalized spacial score (nSPS) is 21.4. The Morgan fingerprint density at radius 1 is 0.958 bits per heavy atom. The minimum atomic E-state index is -0.274. The number of benzene rings is 2. The Kier molecular flexibility index (Phi) is 4.44. The van der Waals surface area contributed by atoms with E-state index in [-0.39, 0.29) is 29.0 Å². The zero-order chi connectivity index (χ0) is 17.3. The number of hydrogen-bond donors (Lipinski definition) is 1. The van der Waals surface area contributed by atoms with Crippen LogP contribution in [0.15, 0.2) is 48.5 Å². The van der Waals surface area contributed by atoms with Gasteiger partial charge in [-0.25, -0.2) is 4.39 Å². The van der Waals surface area contributed by atoms with Crippen LogP contribution in [0.25, 0.3) is 0 Å². The first-order chi connectivity index (χ1) is 11.3. The molecule has 1 saturated heterocycles. The number of nitrogens with one attached hydrogen (secondary N) is 1. The molecule has 1 fully saturated rings. The number of halogens is 1. The fourth-order valence-electron chi connectivity index (χ4n) is 3.31. The van der Waals surface area contributed by atoms with Crippen LogP contribution in [-0.2, 0) is 10.2 Å². The van der Waals surface area contributed by atoms with Crippen molar-refractivity contribution in [2.45, 2.75) is 44.4 Å². The second-order valence-electron chi connectivity index (χ2n) is 7.65. The Morgan fingerprint density at radius 3 is 2.12 bits per heavy atom. The molecule has 1 heterocycles. The molecular formula is C21H24FNO. The van der Waals surface area contributed by atoms with Gasteiger partial charge in [-0.1, -0.05) is 57.2 Å². The molecule has 3 rings (SSSR count). The van der Waals surface area contributed by atoms with Crippen LogP contribution < -0.4 is 5.32 Å². The summed E-state index contributed by atoms with van der Waals surface area (Å²) >= 11 is 0. The molecule has 1 amide bonds. The van der Waals surface area contributed by atoms with Gasteiger partial charge >= 0.3 is 0 Å². The van der Waals surface area contributed by atoms with Gasteiger partial charge in [0.05, 0.1) is 5.92 Å². The second-order valence-corrected chi connectivity index (χ2v) is 7.65. The van der Waals surface area contributed by atoms with Crippen LogP contribution >= 0.6 is 0 Å². The molecule has 0 radical (unpaired) electrons. The summed E-state index contributed by atoms with van der Waals surface area (Å²) in [6.07, 6.45) is 0.756. The maximum Gasteiger partial charge on any atom is 0.227 e. The lowest BCUT2D eigenvalue weighted by molar-refractivity contribution is -0.124. The van der Waals surface area contributed by atoms with Crippen molar-refractivity contribution < 1.29 is 9.18 Å². The van der Waals surface area contributed by atoms with E-state index in [1.807, 2.05) is 0 Å². The van der Waals surface area contributed by atoms with Crippen LogP contribution in [0.3, 0.4) is 0 Å². The molecule has 2 nitrogen and oxygen atoms in total. The van der Waals surface area contributed by atoms with Crippen LogP contribution in [0.1, 0.15) is 55.7 Å². The number of carbonyl (C=O) groups is 1. The quantitative estimate of drug-likeness (QED) is 0.865. The van der Waals surface area contributed by atoms with Gasteiger partial charge in [-0.2, -0.15) is 0 Å². The van der Waals surface area contributed by atoms with E-state index in [0.717, 1.165) is 12.0 Å². The predicted molar refractivity (Wildman–Crippen MR) is 94.7 cm³/mol. The first-order valence-electron chi connectivity index (χ1n) is 8.48. The van der Waals surface area contributed by atoms with E-state index < -0.39 is 0 Å². The summed E-state index contributed by atoms with van der Waals surface area (Å²) in [5.74, 6) is -0.174. The van der Waals surface area contributed by atoms with E-state index in [0.29, 0.717) is 6.54 Å². The molecule has 2 aromatic rings. The van der Waals surface area contributed by atoms with Crippen LogP contribution in [-0.4, -0.2) is 12.5 Å². The number of carbonyl (C=O) groups excluding carboxylic acids is 1. The molecule has 0 bridgehead atoms. The lowest BCUT2D eigenvalue weighted by Gasteiger charge is -2.30. The fraction of sp³-hybridized carbons (Fsp3) is 0.381. The molecule has 1 N–H and O–H groups in total. The smallest absolute Gasteiger partial charge is 0.227 e. The van der Waals surface area contributed by atoms with Gasteiger partial charge in [-0.15, -0.1) is 0 Å². The van der Waals surface area contributed by atoms with Crippen LogP contribution in [0.2, 0.25) is 0 Å². The lowest BCUT2D eigenvalue weighted by atomic mass is 9.80. The molecule has 24 heavy (non-hydrogen) atoms. The topological polar surface area (TPSA) is 29.1 Å². The van der Waals surface area contributed by atoms with Crippen molar-refractivity contribution >= 4 is 5.91 Å². The summed E-state index contributed by atoms with van der Waals surface area (Å²) in [6.45, 7) is 7.26. The molecule has 3 heteroatoms. The van der Waals surface area contributed by atoms with Crippen LogP contribution in [0.4, 0.5) is 4.39 Å². The van der Waals surface area contributed by atoms with Gasteiger partial charge in [-0.3, -0.25) is 4.79 Å². The van der Waals surface area contributed by atoms with E-state index in [4.69, 9.17) is 0 Å². The SMILES string of the molecule is CC(C)(C)c1ccc([C@H]2CNC(=O)[C@@H](c3ccc(F)cc3)C2)cc1. The third-order valence-electron chi connectivity index (χ3n) is 4.88. The largest absolute Gasteiger partial charge is 0.355 e. The van der Waals surface area contributed by atoms with Gasteiger partial charge in [0.2, 0.25) is 5.91 Å². The first kappa shape index (κ1) is 16.7. The molecule has 2 atom stereocenters. The predicted octanol–water partition coefficient (Wildman–Crippen LogP) is 4.51. The zero-order valence-electron chi connectivity index (χ0n) is 14.5. The maximum absolute atomic E-state index is 13.1. The van der Waals surface area contributed by atoms with Gasteiger partial charge in [0.25, 0.3) is 0 Å². The minimum absolute atomic E-state index is 0.0316. The molecule has 0 saturated carbocycles. The highest BCUT2D eigenvalue weighted by Gasteiger charge is 2.30. The number of rotatable bonds is 2. The van der Waals surface area contributed by atoms with Gasteiger partial charge in [-0.05, 0) is 40.7 Å². The number of hydrogen-bond acceptors (Lipinski definition) is 1. The van der Waals surface area contributed by atoms with E-state index in [1.165, 1.54) is 23.3 Å². The summed E-state index contributed by atoms with van der Waals surface area (Å²) in [5.41, 5.74) is 3.57. The average molecular weight is 325 g/mol. The zero-order valence-corrected chi connectivity index (χ0v) is 14.5. The van der Waals surface area contributed by atoms with Crippen molar-refractivity contribution in [3.63, 3.8) is 0 Å². The van der Waals surface area contributed by atoms with Crippen molar-refractivity contribution in [3.8, 4) is 0 Å². The van der Waals surface area contributed by atoms with Gasteiger partial charge in [0.1, 0.15) is 5.82 Å². The molecule has 126 valence electrons. The second kappa shape index (κ2) is 6.39. The summed E-state index contributed by atoms with van der Waals surface area (Å²) in [4.78, 5) is 12.2. The Hall–Kier alpha value is -2.16. The van der Waals surface area contributed by atoms with Crippen LogP contribution in [0, 0.1) is 5.82 Å². The standard InChI is InChI=1S/C21H24FNO/c1-21(2,3)17-8-4-14(5-9-17)16-12-19(20(24)23-13-16)15-6-10-18(22)11-7-15/h4-11,16,19H,12-13H2,1-3H3,(H,23,24)/t16-,19-/m1/s1. The highest BCUT2D eigenvalue weighted by molar-refractivity contribution is 5.84. The van der Waals surface area contributed by atoms with Crippen molar-refractivity contribution in [2.75, 3.05) is 6.54 Å². The molecule has 0 aromatic heterocycles. The van der Waals surface area contributed by atoms with Crippen molar-refractivity contribution in [1.82, 2.24) is 5.32 Å². The van der Waals surface area contributed by atoms with E-state index in [2.05, 4.69) is 50.4 Å². The molecule has 0 aliphatic carbocycles. The molecule has 1 aliphatic rings. The third kappa shape index (κ3) is 3.50. The van der Waals surface area contributed by atoms with Crippen molar-refractivity contribution in [3.05, 3.63) is 71.0 Å². The summed E-state index contributed by atoms with van der Waals surface area (Å²) in [6, 6.07) is 15.0. The average Bonchev–Trinajstić information content (AvgIpc) is 2.56. The Morgan fingerprint density at radius 2 is 1.54 bits per heavy atom. The van der Waals surface area contributed by atoms with E-state index in [1.54, 1.807) is 12.1 Å². The molecule has 2 aromatic carbocycles. The summed E-state index contributed by atoms with van der Waals surface area (Å²) in [5, 5.41) is 3.01.